The first-order valence-corrected chi connectivity index (χ1v) is 6.72. The normalized spacial score (nSPS) is 14.2. The maximum Gasteiger partial charge on any atom is 0.244 e. The molecule has 0 spiro atoms. The number of hydrogen-bond donors (Lipinski definition) is 2. The van der Waals surface area contributed by atoms with Crippen molar-refractivity contribution >= 4 is 23.6 Å². The fraction of sp³-hybridized carbons (Fsp3) is 0.400. The van der Waals surface area contributed by atoms with Crippen LogP contribution in [0.15, 0.2) is 30.3 Å². The van der Waals surface area contributed by atoms with Crippen LogP contribution in [0.3, 0.4) is 0 Å². The van der Waals surface area contributed by atoms with Crippen LogP contribution in [0.1, 0.15) is 18.9 Å². The summed E-state index contributed by atoms with van der Waals surface area (Å²) in [6.07, 6.45) is 3.59. The van der Waals surface area contributed by atoms with Gasteiger partial charge >= 0.3 is 0 Å². The molecule has 0 aliphatic heterocycles. The molecule has 1 unspecified atom stereocenters. The predicted molar refractivity (Wildman–Crippen MR) is 80.6 cm³/mol. The standard InChI is InChI=1S/C15H20ClNO3/c1-15(9-10-18,11-20-2)17-14(19)8-5-12-3-6-13(16)7-4-12/h3-8,18H,9-11H2,1-2H3,(H,17,19)/b8-5+. The molecule has 2 N–H and O–H groups in total. The Bertz CT molecular complexity index is 451. The summed E-state index contributed by atoms with van der Waals surface area (Å²) in [6.45, 7) is 2.16. The third kappa shape index (κ3) is 5.74. The SMILES string of the molecule is COCC(C)(CCO)NC(=O)/C=C/c1ccc(Cl)cc1. The van der Waals surface area contributed by atoms with Crippen molar-refractivity contribution in [3.8, 4) is 0 Å². The summed E-state index contributed by atoms with van der Waals surface area (Å²) in [4.78, 5) is 11.9. The summed E-state index contributed by atoms with van der Waals surface area (Å²) in [6, 6.07) is 7.18. The molecule has 5 heteroatoms. The lowest BCUT2D eigenvalue weighted by atomic mass is 9.99. The van der Waals surface area contributed by atoms with Crippen molar-refractivity contribution in [2.45, 2.75) is 18.9 Å². The highest BCUT2D eigenvalue weighted by molar-refractivity contribution is 6.30. The molecule has 0 saturated heterocycles. The van der Waals surface area contributed by atoms with E-state index in [0.29, 0.717) is 18.1 Å². The van der Waals surface area contributed by atoms with Crippen LogP contribution in [-0.4, -0.2) is 36.9 Å². The second-order valence-corrected chi connectivity index (χ2v) is 5.28. The van der Waals surface area contributed by atoms with Crippen LogP contribution in [-0.2, 0) is 9.53 Å². The topological polar surface area (TPSA) is 58.6 Å². The number of halogens is 1. The van der Waals surface area contributed by atoms with Crippen molar-refractivity contribution < 1.29 is 14.6 Å². The number of carbonyl (C=O) groups is 1. The first-order chi connectivity index (χ1) is 9.49. The van der Waals surface area contributed by atoms with Crippen LogP contribution in [0.5, 0.6) is 0 Å². The van der Waals surface area contributed by atoms with Crippen molar-refractivity contribution in [2.75, 3.05) is 20.3 Å². The van der Waals surface area contributed by atoms with Crippen LogP contribution in [0, 0.1) is 0 Å². The van der Waals surface area contributed by atoms with E-state index in [1.54, 1.807) is 25.3 Å². The Kier molecular flexibility index (Phi) is 6.71. The van der Waals surface area contributed by atoms with Gasteiger partial charge in [-0.1, -0.05) is 23.7 Å². The van der Waals surface area contributed by atoms with Gasteiger partial charge in [0.25, 0.3) is 0 Å². The van der Waals surface area contributed by atoms with Gasteiger partial charge in [0.15, 0.2) is 0 Å². The van der Waals surface area contributed by atoms with Crippen molar-refractivity contribution in [1.82, 2.24) is 5.32 Å². The second kappa shape index (κ2) is 8.04. The van der Waals surface area contributed by atoms with Gasteiger partial charge < -0.3 is 15.2 Å². The molecule has 0 fully saturated rings. The molecule has 0 bridgehead atoms. The summed E-state index contributed by atoms with van der Waals surface area (Å²) in [5.74, 6) is -0.229. The van der Waals surface area contributed by atoms with Gasteiger partial charge in [-0.2, -0.15) is 0 Å². The maximum absolute atomic E-state index is 11.9. The first kappa shape index (κ1) is 16.7. The Morgan fingerprint density at radius 1 is 1.45 bits per heavy atom. The van der Waals surface area contributed by atoms with Crippen molar-refractivity contribution in [2.24, 2.45) is 0 Å². The molecular formula is C15H20ClNO3. The minimum absolute atomic E-state index is 0.0129. The summed E-state index contributed by atoms with van der Waals surface area (Å²) in [7, 11) is 1.56. The van der Waals surface area contributed by atoms with E-state index in [2.05, 4.69) is 5.32 Å². The van der Waals surface area contributed by atoms with Crippen LogP contribution in [0.2, 0.25) is 5.02 Å². The molecule has 0 radical (unpaired) electrons. The summed E-state index contributed by atoms with van der Waals surface area (Å²) >= 11 is 5.79. The third-order valence-corrected chi connectivity index (χ3v) is 3.10. The van der Waals surface area contributed by atoms with E-state index in [1.807, 2.05) is 19.1 Å². The minimum atomic E-state index is -0.578. The lowest BCUT2D eigenvalue weighted by Crippen LogP contribution is -2.49. The number of rotatable bonds is 7. The van der Waals surface area contributed by atoms with Gasteiger partial charge in [0.2, 0.25) is 5.91 Å². The van der Waals surface area contributed by atoms with E-state index in [-0.39, 0.29) is 12.5 Å². The van der Waals surface area contributed by atoms with Gasteiger partial charge in [-0.25, -0.2) is 0 Å². The molecule has 0 heterocycles. The molecule has 0 aliphatic rings. The molecule has 110 valence electrons. The molecule has 1 amide bonds. The van der Waals surface area contributed by atoms with Crippen molar-refractivity contribution in [3.05, 3.63) is 40.9 Å². The van der Waals surface area contributed by atoms with E-state index in [0.717, 1.165) is 5.56 Å². The second-order valence-electron chi connectivity index (χ2n) is 4.84. The van der Waals surface area contributed by atoms with E-state index in [4.69, 9.17) is 21.4 Å². The number of nitrogens with one attached hydrogen (secondary N) is 1. The highest BCUT2D eigenvalue weighted by atomic mass is 35.5. The summed E-state index contributed by atoms with van der Waals surface area (Å²) < 4.78 is 5.07. The largest absolute Gasteiger partial charge is 0.396 e. The van der Waals surface area contributed by atoms with Crippen molar-refractivity contribution in [1.29, 1.82) is 0 Å². The van der Waals surface area contributed by atoms with E-state index < -0.39 is 5.54 Å². The molecule has 1 aromatic carbocycles. The molecule has 4 nitrogen and oxygen atoms in total. The Morgan fingerprint density at radius 3 is 2.65 bits per heavy atom. The van der Waals surface area contributed by atoms with Crippen LogP contribution in [0.25, 0.3) is 6.08 Å². The monoisotopic (exact) mass is 297 g/mol. The molecule has 1 rings (SSSR count). The molecular weight excluding hydrogens is 278 g/mol. The van der Waals surface area contributed by atoms with Gasteiger partial charge in [-0.15, -0.1) is 0 Å². The Labute approximate surface area is 124 Å². The lowest BCUT2D eigenvalue weighted by molar-refractivity contribution is -0.119. The van der Waals surface area contributed by atoms with Crippen LogP contribution in [0.4, 0.5) is 0 Å². The zero-order chi connectivity index (χ0) is 15.0. The van der Waals surface area contributed by atoms with Gasteiger partial charge in [0.1, 0.15) is 0 Å². The van der Waals surface area contributed by atoms with Gasteiger partial charge in [-0.3, -0.25) is 4.79 Å². The number of hydrogen-bond acceptors (Lipinski definition) is 3. The molecule has 20 heavy (non-hydrogen) atoms. The number of amides is 1. The van der Waals surface area contributed by atoms with Crippen molar-refractivity contribution in [3.63, 3.8) is 0 Å². The highest BCUT2D eigenvalue weighted by Crippen LogP contribution is 2.12. The molecule has 0 saturated carbocycles. The number of benzene rings is 1. The fourth-order valence-corrected chi connectivity index (χ4v) is 1.95. The molecule has 0 aliphatic carbocycles. The number of aliphatic hydroxyl groups excluding tert-OH is 1. The fourth-order valence-electron chi connectivity index (χ4n) is 1.82. The number of ether oxygens (including phenoxy) is 1. The summed E-state index contributed by atoms with van der Waals surface area (Å²) in [5.41, 5.74) is 0.311. The number of aliphatic hydroxyl groups is 1. The zero-order valence-electron chi connectivity index (χ0n) is 11.7. The Balaban J connectivity index is 2.63. The molecule has 1 aromatic rings. The van der Waals surface area contributed by atoms with E-state index in [9.17, 15) is 4.79 Å². The van der Waals surface area contributed by atoms with E-state index >= 15 is 0 Å². The Morgan fingerprint density at radius 2 is 2.10 bits per heavy atom. The van der Waals surface area contributed by atoms with Crippen LogP contribution < -0.4 is 5.32 Å². The average Bonchev–Trinajstić information content (AvgIpc) is 2.38. The lowest BCUT2D eigenvalue weighted by Gasteiger charge is -2.28. The molecule has 0 aromatic heterocycles. The van der Waals surface area contributed by atoms with Gasteiger partial charge in [-0.05, 0) is 37.1 Å². The Hall–Kier alpha value is -1.36. The highest BCUT2D eigenvalue weighted by Gasteiger charge is 2.24. The minimum Gasteiger partial charge on any atom is -0.396 e. The number of methoxy groups -OCH3 is 1. The van der Waals surface area contributed by atoms with Gasteiger partial charge in [0, 0.05) is 24.8 Å². The average molecular weight is 298 g/mol. The maximum atomic E-state index is 11.9. The zero-order valence-corrected chi connectivity index (χ0v) is 12.5. The van der Waals surface area contributed by atoms with E-state index in [1.165, 1.54) is 6.08 Å². The van der Waals surface area contributed by atoms with Crippen LogP contribution >= 0.6 is 11.6 Å². The van der Waals surface area contributed by atoms with Gasteiger partial charge in [0.05, 0.1) is 12.1 Å². The first-order valence-electron chi connectivity index (χ1n) is 6.35. The quantitative estimate of drug-likeness (QED) is 0.759. The third-order valence-electron chi connectivity index (χ3n) is 2.85. The predicted octanol–water partition coefficient (Wildman–Crippen LogP) is 2.26. The number of carbonyl (C=O) groups excluding carboxylic acids is 1. The smallest absolute Gasteiger partial charge is 0.244 e. The summed E-state index contributed by atoms with van der Waals surface area (Å²) in [5, 5.41) is 12.5. The molecule has 1 atom stereocenters.